The van der Waals surface area contributed by atoms with E-state index in [2.05, 4.69) is 6.92 Å². The standard InChI is InChI=1S/C24H48O2.Li/c1-2-3-4-5-6-7-8-9-10-11-12-13-14-15-16-17-18-19-20-21-22-23-24(25)26;/h2-23H2,1H3,(H,25,26);/q;+1/p-1. The number of hydrogen-bond donors (Lipinski definition) is 0. The number of aliphatic carboxylic acids is 1. The van der Waals surface area contributed by atoms with Crippen molar-refractivity contribution in [3.63, 3.8) is 0 Å². The first-order valence-electron chi connectivity index (χ1n) is 12.0. The summed E-state index contributed by atoms with van der Waals surface area (Å²) in [5, 5.41) is 10.3. The molecular formula is C24H47LiO2. The third-order valence-corrected chi connectivity index (χ3v) is 5.48. The van der Waals surface area contributed by atoms with Gasteiger partial charge in [0.25, 0.3) is 0 Å². The first-order valence-corrected chi connectivity index (χ1v) is 12.0. The molecule has 0 aromatic carbocycles. The normalized spacial score (nSPS) is 10.7. The van der Waals surface area contributed by atoms with Crippen LogP contribution in [0.25, 0.3) is 0 Å². The second-order valence-electron chi connectivity index (χ2n) is 8.19. The summed E-state index contributed by atoms with van der Waals surface area (Å²) in [6.07, 6.45) is 28.7. The Kier molecular flexibility index (Phi) is 28.3. The van der Waals surface area contributed by atoms with Gasteiger partial charge in [0.05, 0.1) is 0 Å². The van der Waals surface area contributed by atoms with Gasteiger partial charge in [-0.15, -0.1) is 0 Å². The minimum atomic E-state index is -0.900. The van der Waals surface area contributed by atoms with Crippen LogP contribution in [-0.2, 0) is 4.79 Å². The van der Waals surface area contributed by atoms with Crippen molar-refractivity contribution in [2.45, 2.75) is 148 Å². The number of rotatable bonds is 22. The largest absolute Gasteiger partial charge is 1.00 e. The van der Waals surface area contributed by atoms with Gasteiger partial charge in [-0.05, 0) is 12.8 Å². The van der Waals surface area contributed by atoms with Crippen molar-refractivity contribution in [3.8, 4) is 0 Å². The molecule has 0 amide bonds. The van der Waals surface area contributed by atoms with Gasteiger partial charge in [-0.25, -0.2) is 0 Å². The van der Waals surface area contributed by atoms with E-state index in [1.54, 1.807) is 0 Å². The SMILES string of the molecule is CCCCCCCCCCCCCCCCCCCCCCCC(=O)[O-].[Li+]. The van der Waals surface area contributed by atoms with Crippen molar-refractivity contribution in [3.05, 3.63) is 0 Å². The maximum Gasteiger partial charge on any atom is 1.00 e. The van der Waals surface area contributed by atoms with Gasteiger partial charge in [-0.1, -0.05) is 135 Å². The molecule has 0 atom stereocenters. The molecule has 27 heavy (non-hydrogen) atoms. The number of unbranched alkanes of at least 4 members (excludes halogenated alkanes) is 20. The van der Waals surface area contributed by atoms with Crippen LogP contribution >= 0.6 is 0 Å². The molecule has 0 radical (unpaired) electrons. The molecule has 0 N–H and O–H groups in total. The average molecular weight is 375 g/mol. The Bertz CT molecular complexity index is 282. The number of carboxylic acid groups (broad SMARTS) is 1. The van der Waals surface area contributed by atoms with Crippen LogP contribution in [-0.4, -0.2) is 5.97 Å². The monoisotopic (exact) mass is 374 g/mol. The van der Waals surface area contributed by atoms with Crippen molar-refractivity contribution in [1.82, 2.24) is 0 Å². The van der Waals surface area contributed by atoms with Gasteiger partial charge in [0.2, 0.25) is 0 Å². The molecule has 0 bridgehead atoms. The number of carbonyl (C=O) groups excluding carboxylic acids is 1. The second-order valence-corrected chi connectivity index (χ2v) is 8.19. The molecule has 0 unspecified atom stereocenters. The van der Waals surface area contributed by atoms with E-state index in [1.165, 1.54) is 122 Å². The zero-order valence-electron chi connectivity index (χ0n) is 18.9. The van der Waals surface area contributed by atoms with Gasteiger partial charge >= 0.3 is 18.9 Å². The van der Waals surface area contributed by atoms with Crippen molar-refractivity contribution in [1.29, 1.82) is 0 Å². The van der Waals surface area contributed by atoms with Crippen molar-refractivity contribution < 1.29 is 28.8 Å². The number of carboxylic acids is 1. The van der Waals surface area contributed by atoms with Crippen LogP contribution in [0.2, 0.25) is 0 Å². The van der Waals surface area contributed by atoms with Crippen LogP contribution in [0.4, 0.5) is 0 Å². The summed E-state index contributed by atoms with van der Waals surface area (Å²) in [5.41, 5.74) is 0. The molecule has 0 heterocycles. The molecule has 0 rings (SSSR count). The molecule has 0 saturated heterocycles. The summed E-state index contributed by atoms with van der Waals surface area (Å²) in [5.74, 6) is -0.900. The summed E-state index contributed by atoms with van der Waals surface area (Å²) in [4.78, 5) is 10.3. The van der Waals surface area contributed by atoms with Gasteiger partial charge in [0.15, 0.2) is 0 Å². The minimum absolute atomic E-state index is 0. The zero-order chi connectivity index (χ0) is 19.1. The Morgan fingerprint density at radius 1 is 0.481 bits per heavy atom. The Labute approximate surface area is 182 Å². The molecule has 0 aliphatic carbocycles. The van der Waals surface area contributed by atoms with Crippen LogP contribution in [0.3, 0.4) is 0 Å². The van der Waals surface area contributed by atoms with Gasteiger partial charge in [-0.3, -0.25) is 0 Å². The van der Waals surface area contributed by atoms with Crippen LogP contribution in [0.5, 0.6) is 0 Å². The first kappa shape index (κ1) is 29.3. The van der Waals surface area contributed by atoms with E-state index in [-0.39, 0.29) is 25.3 Å². The fourth-order valence-electron chi connectivity index (χ4n) is 3.70. The molecule has 0 aromatic heterocycles. The molecule has 0 aliphatic rings. The van der Waals surface area contributed by atoms with Crippen LogP contribution in [0, 0.1) is 0 Å². The molecule has 0 aliphatic heterocycles. The third kappa shape index (κ3) is 28.4. The van der Waals surface area contributed by atoms with Crippen molar-refractivity contribution >= 4 is 5.97 Å². The van der Waals surface area contributed by atoms with E-state index in [4.69, 9.17) is 0 Å². The summed E-state index contributed by atoms with van der Waals surface area (Å²) in [7, 11) is 0. The van der Waals surface area contributed by atoms with E-state index in [0.29, 0.717) is 0 Å². The number of carbonyl (C=O) groups is 1. The molecule has 0 aromatic rings. The predicted octanol–water partition coefficient (Wildman–Crippen LogP) is 4.34. The smallest absolute Gasteiger partial charge is 0.550 e. The van der Waals surface area contributed by atoms with Gasteiger partial charge in [0, 0.05) is 5.97 Å². The van der Waals surface area contributed by atoms with Crippen molar-refractivity contribution in [2.75, 3.05) is 0 Å². The summed E-state index contributed by atoms with van der Waals surface area (Å²) < 4.78 is 0. The van der Waals surface area contributed by atoms with Crippen LogP contribution < -0.4 is 24.0 Å². The van der Waals surface area contributed by atoms with E-state index in [9.17, 15) is 9.90 Å². The Hall–Kier alpha value is 0.0674. The van der Waals surface area contributed by atoms with Gasteiger partial charge in [-0.2, -0.15) is 0 Å². The molecule has 2 nitrogen and oxygen atoms in total. The fourth-order valence-corrected chi connectivity index (χ4v) is 3.70. The maximum absolute atomic E-state index is 10.3. The van der Waals surface area contributed by atoms with E-state index >= 15 is 0 Å². The predicted molar refractivity (Wildman–Crippen MR) is 112 cm³/mol. The van der Waals surface area contributed by atoms with Gasteiger partial charge in [0.1, 0.15) is 0 Å². The Morgan fingerprint density at radius 2 is 0.704 bits per heavy atom. The number of hydrogen-bond acceptors (Lipinski definition) is 2. The second kappa shape index (κ2) is 26.1. The summed E-state index contributed by atoms with van der Waals surface area (Å²) >= 11 is 0. The molecule has 156 valence electrons. The summed E-state index contributed by atoms with van der Waals surface area (Å²) in [6.45, 7) is 2.29. The molecular weight excluding hydrogens is 327 g/mol. The molecule has 3 heteroatoms. The maximum atomic E-state index is 10.3. The fraction of sp³-hybridized carbons (Fsp3) is 0.958. The molecule has 0 fully saturated rings. The zero-order valence-corrected chi connectivity index (χ0v) is 18.9. The topological polar surface area (TPSA) is 40.1 Å². The Morgan fingerprint density at radius 3 is 0.926 bits per heavy atom. The van der Waals surface area contributed by atoms with Crippen LogP contribution in [0.1, 0.15) is 148 Å². The van der Waals surface area contributed by atoms with Gasteiger partial charge < -0.3 is 9.90 Å². The Balaban J connectivity index is 0. The minimum Gasteiger partial charge on any atom is -0.550 e. The van der Waals surface area contributed by atoms with E-state index < -0.39 is 5.97 Å². The average Bonchev–Trinajstić information content (AvgIpc) is 2.62. The quantitative estimate of drug-likeness (QED) is 0.209. The van der Waals surface area contributed by atoms with E-state index in [1.807, 2.05) is 0 Å². The van der Waals surface area contributed by atoms with E-state index in [0.717, 1.165) is 12.8 Å². The van der Waals surface area contributed by atoms with Crippen molar-refractivity contribution in [2.24, 2.45) is 0 Å². The molecule has 0 spiro atoms. The third-order valence-electron chi connectivity index (χ3n) is 5.48. The molecule has 0 saturated carbocycles. The first-order chi connectivity index (χ1) is 12.8. The summed E-state index contributed by atoms with van der Waals surface area (Å²) in [6, 6.07) is 0. The van der Waals surface area contributed by atoms with Crippen LogP contribution in [0.15, 0.2) is 0 Å².